The first-order valence-electron chi connectivity index (χ1n) is 9.97. The van der Waals surface area contributed by atoms with Crippen LogP contribution < -0.4 is 25.2 Å². The largest absolute Gasteiger partial charge is 0.496 e. The lowest BCUT2D eigenvalue weighted by Gasteiger charge is -2.12. The van der Waals surface area contributed by atoms with Gasteiger partial charge in [0.1, 0.15) is 11.3 Å². The second-order valence-electron chi connectivity index (χ2n) is 7.23. The van der Waals surface area contributed by atoms with Crippen LogP contribution in [0.3, 0.4) is 0 Å². The number of nitrogens with one attached hydrogen (secondary N) is 1. The molecule has 7 nitrogen and oxygen atoms in total. The van der Waals surface area contributed by atoms with Crippen molar-refractivity contribution < 1.29 is 23.4 Å². The van der Waals surface area contributed by atoms with Crippen LogP contribution in [0.15, 0.2) is 39.5 Å². The standard InChI is InChI=1S/C24H27NO6/c1-14-17-7-9-19(28-3)15(2)23(17)31-24(27)18(14)13-22(26)25-11-10-16-6-8-20(29-4)21(12-16)30-5/h6-9,12H,10-11,13H2,1-5H3,(H,25,26). The van der Waals surface area contributed by atoms with E-state index in [1.807, 2.05) is 44.2 Å². The van der Waals surface area contributed by atoms with Gasteiger partial charge in [0.05, 0.1) is 33.3 Å². The molecule has 1 heterocycles. The number of hydrogen-bond acceptors (Lipinski definition) is 6. The van der Waals surface area contributed by atoms with Gasteiger partial charge in [-0.3, -0.25) is 4.79 Å². The van der Waals surface area contributed by atoms with E-state index in [2.05, 4.69) is 5.32 Å². The predicted molar refractivity (Wildman–Crippen MR) is 118 cm³/mol. The molecule has 0 aliphatic heterocycles. The van der Waals surface area contributed by atoms with Crippen LogP contribution in [0.2, 0.25) is 0 Å². The van der Waals surface area contributed by atoms with E-state index in [9.17, 15) is 9.59 Å². The van der Waals surface area contributed by atoms with Crippen molar-refractivity contribution in [3.8, 4) is 17.2 Å². The van der Waals surface area contributed by atoms with Crippen molar-refractivity contribution in [2.45, 2.75) is 26.7 Å². The molecule has 164 valence electrons. The molecular weight excluding hydrogens is 398 g/mol. The maximum Gasteiger partial charge on any atom is 0.340 e. The van der Waals surface area contributed by atoms with E-state index in [1.54, 1.807) is 21.3 Å². The van der Waals surface area contributed by atoms with E-state index in [0.717, 1.165) is 22.1 Å². The van der Waals surface area contributed by atoms with Crippen molar-refractivity contribution in [2.24, 2.45) is 0 Å². The first-order valence-corrected chi connectivity index (χ1v) is 9.97. The minimum absolute atomic E-state index is 0.0406. The molecule has 2 aromatic carbocycles. The van der Waals surface area contributed by atoms with Crippen LogP contribution in [0.25, 0.3) is 11.0 Å². The second-order valence-corrected chi connectivity index (χ2v) is 7.23. The lowest BCUT2D eigenvalue weighted by molar-refractivity contribution is -0.120. The first kappa shape index (κ1) is 22.2. The molecule has 0 radical (unpaired) electrons. The molecule has 0 bridgehead atoms. The summed E-state index contributed by atoms with van der Waals surface area (Å²) in [5.74, 6) is 1.71. The third-order valence-corrected chi connectivity index (χ3v) is 5.40. The van der Waals surface area contributed by atoms with E-state index < -0.39 is 5.63 Å². The van der Waals surface area contributed by atoms with Gasteiger partial charge in [0.25, 0.3) is 0 Å². The van der Waals surface area contributed by atoms with Gasteiger partial charge < -0.3 is 23.9 Å². The molecule has 0 fully saturated rings. The zero-order chi connectivity index (χ0) is 22.5. The fourth-order valence-electron chi connectivity index (χ4n) is 3.60. The molecule has 0 atom stereocenters. The number of benzene rings is 2. The fourth-order valence-corrected chi connectivity index (χ4v) is 3.60. The van der Waals surface area contributed by atoms with Crippen molar-refractivity contribution in [1.29, 1.82) is 0 Å². The smallest absolute Gasteiger partial charge is 0.340 e. The van der Waals surface area contributed by atoms with Crippen molar-refractivity contribution in [3.63, 3.8) is 0 Å². The van der Waals surface area contributed by atoms with E-state index in [4.69, 9.17) is 18.6 Å². The van der Waals surface area contributed by atoms with Gasteiger partial charge in [0.15, 0.2) is 11.5 Å². The number of amides is 1. The quantitative estimate of drug-likeness (QED) is 0.557. The van der Waals surface area contributed by atoms with Crippen LogP contribution in [-0.4, -0.2) is 33.8 Å². The highest BCUT2D eigenvalue weighted by Crippen LogP contribution is 2.29. The van der Waals surface area contributed by atoms with Crippen molar-refractivity contribution in [1.82, 2.24) is 5.32 Å². The normalized spacial score (nSPS) is 10.7. The Labute approximate surface area is 180 Å². The summed E-state index contributed by atoms with van der Waals surface area (Å²) in [6.45, 7) is 4.10. The molecule has 7 heteroatoms. The number of rotatable bonds is 8. The number of carbonyl (C=O) groups excluding carboxylic acids is 1. The Hall–Kier alpha value is -3.48. The summed E-state index contributed by atoms with van der Waals surface area (Å²) >= 11 is 0. The summed E-state index contributed by atoms with van der Waals surface area (Å²) in [6, 6.07) is 9.31. The summed E-state index contributed by atoms with van der Waals surface area (Å²) in [5.41, 5.74) is 2.85. The Bertz CT molecular complexity index is 1160. The summed E-state index contributed by atoms with van der Waals surface area (Å²) in [6.07, 6.45) is 0.581. The van der Waals surface area contributed by atoms with Crippen molar-refractivity contribution >= 4 is 16.9 Å². The third kappa shape index (κ3) is 4.66. The van der Waals surface area contributed by atoms with Gasteiger partial charge in [-0.2, -0.15) is 0 Å². The molecule has 0 aliphatic rings. The maximum atomic E-state index is 12.6. The lowest BCUT2D eigenvalue weighted by atomic mass is 10.0. The Morgan fingerprint density at radius 1 is 0.935 bits per heavy atom. The Balaban J connectivity index is 1.70. The Morgan fingerprint density at radius 3 is 2.29 bits per heavy atom. The van der Waals surface area contributed by atoms with E-state index in [-0.39, 0.29) is 12.3 Å². The van der Waals surface area contributed by atoms with Crippen LogP contribution in [-0.2, 0) is 17.6 Å². The molecular formula is C24H27NO6. The molecule has 1 aromatic heterocycles. The molecule has 0 spiro atoms. The van der Waals surface area contributed by atoms with Gasteiger partial charge in [0.2, 0.25) is 5.91 Å². The topological polar surface area (TPSA) is 87.0 Å². The number of aryl methyl sites for hydroxylation is 2. The fraction of sp³-hybridized carbons (Fsp3) is 0.333. The minimum Gasteiger partial charge on any atom is -0.496 e. The molecule has 0 saturated heterocycles. The molecule has 1 amide bonds. The van der Waals surface area contributed by atoms with Crippen LogP contribution in [0, 0.1) is 13.8 Å². The Kier molecular flexibility index (Phi) is 6.84. The first-order chi connectivity index (χ1) is 14.9. The van der Waals surface area contributed by atoms with Gasteiger partial charge in [-0.25, -0.2) is 4.79 Å². The third-order valence-electron chi connectivity index (χ3n) is 5.40. The Morgan fingerprint density at radius 2 is 1.61 bits per heavy atom. The van der Waals surface area contributed by atoms with Crippen molar-refractivity contribution in [3.05, 3.63) is 63.0 Å². The molecule has 3 aromatic rings. The number of hydrogen-bond donors (Lipinski definition) is 1. The van der Waals surface area contributed by atoms with Gasteiger partial charge >= 0.3 is 5.63 Å². The van der Waals surface area contributed by atoms with E-state index >= 15 is 0 Å². The number of fused-ring (bicyclic) bond motifs is 1. The van der Waals surface area contributed by atoms with Crippen LogP contribution in [0.1, 0.15) is 22.3 Å². The summed E-state index contributed by atoms with van der Waals surface area (Å²) < 4.78 is 21.4. The predicted octanol–water partition coefficient (Wildman–Crippen LogP) is 3.34. The zero-order valence-electron chi connectivity index (χ0n) is 18.5. The summed E-state index contributed by atoms with van der Waals surface area (Å²) in [7, 11) is 4.74. The summed E-state index contributed by atoms with van der Waals surface area (Å²) in [4.78, 5) is 25.0. The monoisotopic (exact) mass is 425 g/mol. The average molecular weight is 425 g/mol. The van der Waals surface area contributed by atoms with Gasteiger partial charge in [-0.05, 0) is 55.7 Å². The SMILES string of the molecule is COc1ccc(CCNC(=O)Cc2c(C)c3ccc(OC)c(C)c3oc2=O)cc1OC. The van der Waals surface area contributed by atoms with Crippen molar-refractivity contribution in [2.75, 3.05) is 27.9 Å². The highest BCUT2D eigenvalue weighted by molar-refractivity contribution is 5.87. The number of methoxy groups -OCH3 is 3. The number of ether oxygens (including phenoxy) is 3. The molecule has 0 saturated carbocycles. The van der Waals surface area contributed by atoms with Gasteiger partial charge in [0, 0.05) is 17.5 Å². The van der Waals surface area contributed by atoms with Crippen LogP contribution >= 0.6 is 0 Å². The molecule has 0 unspecified atom stereocenters. The second kappa shape index (κ2) is 9.55. The lowest BCUT2D eigenvalue weighted by Crippen LogP contribution is -2.29. The van der Waals surface area contributed by atoms with Crippen LogP contribution in [0.5, 0.6) is 17.2 Å². The van der Waals surface area contributed by atoms with E-state index in [0.29, 0.717) is 41.4 Å². The van der Waals surface area contributed by atoms with Gasteiger partial charge in [-0.15, -0.1) is 0 Å². The molecule has 0 aliphatic carbocycles. The molecule has 1 N–H and O–H groups in total. The van der Waals surface area contributed by atoms with Gasteiger partial charge in [-0.1, -0.05) is 6.07 Å². The molecule has 31 heavy (non-hydrogen) atoms. The highest BCUT2D eigenvalue weighted by Gasteiger charge is 2.17. The highest BCUT2D eigenvalue weighted by atomic mass is 16.5. The minimum atomic E-state index is -0.503. The summed E-state index contributed by atoms with van der Waals surface area (Å²) in [5, 5.41) is 3.66. The average Bonchev–Trinajstić information content (AvgIpc) is 2.77. The van der Waals surface area contributed by atoms with E-state index in [1.165, 1.54) is 0 Å². The maximum absolute atomic E-state index is 12.6. The molecule has 3 rings (SSSR count). The zero-order valence-corrected chi connectivity index (χ0v) is 18.5. The van der Waals surface area contributed by atoms with Crippen LogP contribution in [0.4, 0.5) is 0 Å². The number of carbonyl (C=O) groups is 1.